The van der Waals surface area contributed by atoms with Crippen LogP contribution in [0.1, 0.15) is 18.4 Å². The van der Waals surface area contributed by atoms with Gasteiger partial charge in [-0.05, 0) is 56.0 Å². The van der Waals surface area contributed by atoms with Gasteiger partial charge in [-0.25, -0.2) is 8.78 Å². The molecule has 90 valence electrons. The van der Waals surface area contributed by atoms with Crippen molar-refractivity contribution in [3.8, 4) is 0 Å². The Balaban J connectivity index is 0.00000128. The molecule has 0 saturated carbocycles. The van der Waals surface area contributed by atoms with Crippen molar-refractivity contribution in [1.29, 1.82) is 0 Å². The first kappa shape index (κ1) is 13.4. The lowest BCUT2D eigenvalue weighted by Gasteiger charge is -2.22. The van der Waals surface area contributed by atoms with Crippen molar-refractivity contribution >= 4 is 12.4 Å². The smallest absolute Gasteiger partial charge is 0.159 e. The van der Waals surface area contributed by atoms with Crippen LogP contribution in [0.2, 0.25) is 0 Å². The number of piperidine rings is 1. The van der Waals surface area contributed by atoms with E-state index in [0.717, 1.165) is 37.9 Å². The van der Waals surface area contributed by atoms with Gasteiger partial charge in [0.25, 0.3) is 0 Å². The third kappa shape index (κ3) is 3.42. The maximum absolute atomic E-state index is 12.9. The van der Waals surface area contributed by atoms with Gasteiger partial charge in [0.2, 0.25) is 0 Å². The molecule has 1 fully saturated rings. The maximum atomic E-state index is 12.9. The summed E-state index contributed by atoms with van der Waals surface area (Å²) in [5, 5.41) is 3.29. The largest absolute Gasteiger partial charge is 0.317 e. The lowest BCUT2D eigenvalue weighted by Crippen LogP contribution is -2.28. The summed E-state index contributed by atoms with van der Waals surface area (Å²) in [6.07, 6.45) is 3.11. The Kier molecular flexibility index (Phi) is 5.16. The van der Waals surface area contributed by atoms with Gasteiger partial charge in [0.15, 0.2) is 11.6 Å². The second kappa shape index (κ2) is 6.16. The van der Waals surface area contributed by atoms with Gasteiger partial charge in [-0.3, -0.25) is 0 Å². The molecule has 16 heavy (non-hydrogen) atoms. The second-order valence-electron chi connectivity index (χ2n) is 4.15. The quantitative estimate of drug-likeness (QED) is 0.847. The highest BCUT2D eigenvalue weighted by molar-refractivity contribution is 5.85. The molecule has 0 amide bonds. The normalized spacial score (nSPS) is 16.9. The Morgan fingerprint density at radius 3 is 2.44 bits per heavy atom. The Hall–Kier alpha value is -0.670. The van der Waals surface area contributed by atoms with Crippen LogP contribution in [-0.2, 0) is 6.42 Å². The summed E-state index contributed by atoms with van der Waals surface area (Å²) in [4.78, 5) is 0. The monoisotopic (exact) mass is 247 g/mol. The van der Waals surface area contributed by atoms with Gasteiger partial charge < -0.3 is 5.32 Å². The zero-order valence-corrected chi connectivity index (χ0v) is 9.83. The van der Waals surface area contributed by atoms with E-state index in [9.17, 15) is 8.78 Å². The predicted octanol–water partition coefficient (Wildman–Crippen LogP) is 2.93. The van der Waals surface area contributed by atoms with Gasteiger partial charge in [-0.1, -0.05) is 6.07 Å². The van der Waals surface area contributed by atoms with Gasteiger partial charge in [0.1, 0.15) is 0 Å². The Morgan fingerprint density at radius 2 is 1.81 bits per heavy atom. The summed E-state index contributed by atoms with van der Waals surface area (Å²) in [5.74, 6) is -0.887. The van der Waals surface area contributed by atoms with E-state index in [0.29, 0.717) is 5.92 Å². The topological polar surface area (TPSA) is 12.0 Å². The fraction of sp³-hybridized carbons (Fsp3) is 0.500. The van der Waals surface area contributed by atoms with Crippen LogP contribution in [0, 0.1) is 17.6 Å². The highest BCUT2D eigenvalue weighted by Gasteiger charge is 2.14. The van der Waals surface area contributed by atoms with Crippen LogP contribution in [0.3, 0.4) is 0 Å². The van der Waals surface area contributed by atoms with Crippen molar-refractivity contribution in [2.75, 3.05) is 13.1 Å². The van der Waals surface area contributed by atoms with Crippen molar-refractivity contribution in [3.63, 3.8) is 0 Å². The van der Waals surface area contributed by atoms with Gasteiger partial charge >= 0.3 is 0 Å². The van der Waals surface area contributed by atoms with E-state index in [4.69, 9.17) is 0 Å². The van der Waals surface area contributed by atoms with E-state index in [1.54, 1.807) is 6.07 Å². The van der Waals surface area contributed by atoms with Crippen LogP contribution in [0.25, 0.3) is 0 Å². The van der Waals surface area contributed by atoms with Crippen molar-refractivity contribution < 1.29 is 8.78 Å². The van der Waals surface area contributed by atoms with E-state index >= 15 is 0 Å². The number of halogens is 3. The van der Waals surface area contributed by atoms with E-state index in [1.807, 2.05) is 0 Å². The minimum atomic E-state index is -0.760. The van der Waals surface area contributed by atoms with Gasteiger partial charge in [-0.15, -0.1) is 12.4 Å². The molecule has 0 radical (unpaired) electrons. The maximum Gasteiger partial charge on any atom is 0.159 e. The first-order valence-electron chi connectivity index (χ1n) is 5.40. The summed E-state index contributed by atoms with van der Waals surface area (Å²) in [5.41, 5.74) is 0.904. The van der Waals surface area contributed by atoms with Crippen molar-refractivity contribution in [1.82, 2.24) is 5.32 Å². The molecule has 1 heterocycles. The molecule has 1 aromatic rings. The van der Waals surface area contributed by atoms with Crippen LogP contribution in [0.15, 0.2) is 18.2 Å². The molecule has 0 bridgehead atoms. The zero-order valence-electron chi connectivity index (χ0n) is 9.01. The van der Waals surface area contributed by atoms with Crippen LogP contribution < -0.4 is 5.32 Å². The Bertz CT molecular complexity index is 338. The summed E-state index contributed by atoms with van der Waals surface area (Å²) < 4.78 is 25.6. The molecule has 1 aliphatic heterocycles. The average Bonchev–Trinajstić information content (AvgIpc) is 2.25. The molecule has 1 N–H and O–H groups in total. The van der Waals surface area contributed by atoms with E-state index < -0.39 is 11.6 Å². The SMILES string of the molecule is Cl.Fc1ccc(CC2CCNCC2)cc1F. The summed E-state index contributed by atoms with van der Waals surface area (Å²) in [6, 6.07) is 4.21. The number of hydrogen-bond donors (Lipinski definition) is 1. The first-order chi connectivity index (χ1) is 7.25. The van der Waals surface area contributed by atoms with Gasteiger partial charge in [0.05, 0.1) is 0 Å². The predicted molar refractivity (Wildman–Crippen MR) is 62.9 cm³/mol. The zero-order chi connectivity index (χ0) is 10.7. The molecule has 0 aromatic heterocycles. The van der Waals surface area contributed by atoms with E-state index in [-0.39, 0.29) is 12.4 Å². The molecule has 1 saturated heterocycles. The van der Waals surface area contributed by atoms with Crippen LogP contribution >= 0.6 is 12.4 Å². The van der Waals surface area contributed by atoms with Crippen molar-refractivity contribution in [3.05, 3.63) is 35.4 Å². The lowest BCUT2D eigenvalue weighted by molar-refractivity contribution is 0.372. The summed E-state index contributed by atoms with van der Waals surface area (Å²) >= 11 is 0. The number of benzene rings is 1. The molecule has 0 spiro atoms. The summed E-state index contributed by atoms with van der Waals surface area (Å²) in [7, 11) is 0. The fourth-order valence-corrected chi connectivity index (χ4v) is 2.09. The van der Waals surface area contributed by atoms with Crippen molar-refractivity contribution in [2.45, 2.75) is 19.3 Å². The summed E-state index contributed by atoms with van der Waals surface area (Å²) in [6.45, 7) is 2.07. The van der Waals surface area contributed by atoms with Gasteiger partial charge in [0, 0.05) is 0 Å². The Labute approximate surface area is 101 Å². The molecule has 0 atom stereocenters. The molecule has 1 aromatic carbocycles. The standard InChI is InChI=1S/C12H15F2N.ClH/c13-11-2-1-10(8-12(11)14)7-9-3-5-15-6-4-9;/h1-2,8-9,15H,3-7H2;1H. The molecular formula is C12H16ClF2N. The highest BCUT2D eigenvalue weighted by Crippen LogP contribution is 2.19. The van der Waals surface area contributed by atoms with E-state index in [2.05, 4.69) is 5.32 Å². The molecule has 4 heteroatoms. The molecule has 0 unspecified atom stereocenters. The minimum Gasteiger partial charge on any atom is -0.317 e. The van der Waals surface area contributed by atoms with Crippen molar-refractivity contribution in [2.24, 2.45) is 5.92 Å². The molecular weight excluding hydrogens is 232 g/mol. The van der Waals surface area contributed by atoms with Crippen LogP contribution in [0.4, 0.5) is 8.78 Å². The molecule has 2 rings (SSSR count). The number of rotatable bonds is 2. The third-order valence-electron chi connectivity index (χ3n) is 2.97. The average molecular weight is 248 g/mol. The first-order valence-corrected chi connectivity index (χ1v) is 5.40. The number of nitrogens with one attached hydrogen (secondary N) is 1. The lowest BCUT2D eigenvalue weighted by atomic mass is 9.91. The Morgan fingerprint density at radius 1 is 1.12 bits per heavy atom. The number of hydrogen-bond acceptors (Lipinski definition) is 1. The van der Waals surface area contributed by atoms with Crippen LogP contribution in [-0.4, -0.2) is 13.1 Å². The highest BCUT2D eigenvalue weighted by atomic mass is 35.5. The third-order valence-corrected chi connectivity index (χ3v) is 2.97. The second-order valence-corrected chi connectivity index (χ2v) is 4.15. The molecule has 1 aliphatic rings. The fourth-order valence-electron chi connectivity index (χ4n) is 2.09. The minimum absolute atomic E-state index is 0. The van der Waals surface area contributed by atoms with E-state index in [1.165, 1.54) is 12.1 Å². The molecule has 1 nitrogen and oxygen atoms in total. The van der Waals surface area contributed by atoms with Gasteiger partial charge in [-0.2, -0.15) is 0 Å². The molecule has 0 aliphatic carbocycles. The van der Waals surface area contributed by atoms with Crippen LogP contribution in [0.5, 0.6) is 0 Å².